The molecule has 0 radical (unpaired) electrons. The van der Waals surface area contributed by atoms with Crippen LogP contribution in [0.3, 0.4) is 0 Å². The first kappa shape index (κ1) is 18.2. The zero-order chi connectivity index (χ0) is 16.1. The van der Waals surface area contributed by atoms with E-state index >= 15 is 0 Å². The van der Waals surface area contributed by atoms with Crippen LogP contribution in [0.4, 0.5) is 10.1 Å². The van der Waals surface area contributed by atoms with Gasteiger partial charge in [0.25, 0.3) is 0 Å². The maximum absolute atomic E-state index is 12.9. The summed E-state index contributed by atoms with van der Waals surface area (Å²) >= 11 is 0. The Labute approximate surface area is 146 Å². The quantitative estimate of drug-likeness (QED) is 0.869. The Balaban J connectivity index is 0.00000208. The van der Waals surface area contributed by atoms with Gasteiger partial charge in [0.15, 0.2) is 0 Å². The van der Waals surface area contributed by atoms with Crippen molar-refractivity contribution in [1.82, 2.24) is 5.32 Å². The minimum absolute atomic E-state index is 0. The van der Waals surface area contributed by atoms with Gasteiger partial charge in [0, 0.05) is 18.3 Å². The smallest absolute Gasteiger partial charge is 0.228 e. The number of benzene rings is 2. The van der Waals surface area contributed by atoms with E-state index in [4.69, 9.17) is 4.74 Å². The molecule has 0 spiro atoms. The van der Waals surface area contributed by atoms with Crippen LogP contribution in [-0.2, 0) is 11.4 Å². The fraction of sp³-hybridized carbons (Fsp3) is 0.278. The number of nitrogens with one attached hydrogen (secondary N) is 2. The fourth-order valence-corrected chi connectivity index (χ4v) is 2.53. The van der Waals surface area contributed by atoms with Crippen LogP contribution in [0.2, 0.25) is 0 Å². The van der Waals surface area contributed by atoms with Crippen molar-refractivity contribution in [3.63, 3.8) is 0 Å². The van der Waals surface area contributed by atoms with E-state index in [0.717, 1.165) is 30.8 Å². The van der Waals surface area contributed by atoms with Crippen LogP contribution in [0.1, 0.15) is 12.0 Å². The Hall–Kier alpha value is -2.11. The third kappa shape index (κ3) is 4.94. The van der Waals surface area contributed by atoms with Crippen molar-refractivity contribution in [3.8, 4) is 5.75 Å². The van der Waals surface area contributed by atoms with E-state index in [1.54, 1.807) is 18.2 Å². The molecule has 1 aliphatic heterocycles. The molecule has 128 valence electrons. The summed E-state index contributed by atoms with van der Waals surface area (Å²) in [6, 6.07) is 13.5. The van der Waals surface area contributed by atoms with Gasteiger partial charge < -0.3 is 15.4 Å². The second-order valence-corrected chi connectivity index (χ2v) is 5.62. The summed E-state index contributed by atoms with van der Waals surface area (Å²) in [4.78, 5) is 12.1. The Morgan fingerprint density at radius 2 is 2.04 bits per heavy atom. The summed E-state index contributed by atoms with van der Waals surface area (Å²) in [6.07, 6.45) is 0.868. The predicted molar refractivity (Wildman–Crippen MR) is 94.0 cm³/mol. The van der Waals surface area contributed by atoms with E-state index in [1.807, 2.05) is 18.2 Å². The van der Waals surface area contributed by atoms with E-state index in [9.17, 15) is 9.18 Å². The Morgan fingerprint density at radius 3 is 2.75 bits per heavy atom. The lowest BCUT2D eigenvalue weighted by Gasteiger charge is -2.12. The highest BCUT2D eigenvalue weighted by Crippen LogP contribution is 2.20. The number of hydrogen-bond acceptors (Lipinski definition) is 3. The molecular weight excluding hydrogens is 331 g/mol. The van der Waals surface area contributed by atoms with Crippen molar-refractivity contribution < 1.29 is 13.9 Å². The zero-order valence-corrected chi connectivity index (χ0v) is 13.9. The Bertz CT molecular complexity index is 673. The van der Waals surface area contributed by atoms with Crippen LogP contribution in [0.5, 0.6) is 5.75 Å². The van der Waals surface area contributed by atoms with Gasteiger partial charge in [0.1, 0.15) is 18.2 Å². The lowest BCUT2D eigenvalue weighted by Crippen LogP contribution is -2.24. The van der Waals surface area contributed by atoms with Gasteiger partial charge in [-0.15, -0.1) is 12.4 Å². The lowest BCUT2D eigenvalue weighted by molar-refractivity contribution is -0.119. The SMILES string of the molecule is Cl.O=C(Nc1cccc(OCc2ccc(F)cc2)c1)C1CCNC1. The molecule has 4 nitrogen and oxygen atoms in total. The van der Waals surface area contributed by atoms with Crippen LogP contribution >= 0.6 is 12.4 Å². The van der Waals surface area contributed by atoms with Gasteiger partial charge in [0.05, 0.1) is 5.92 Å². The van der Waals surface area contributed by atoms with Gasteiger partial charge in [0.2, 0.25) is 5.91 Å². The minimum atomic E-state index is -0.264. The molecule has 0 aromatic heterocycles. The standard InChI is InChI=1S/C18H19FN2O2.ClH/c19-15-6-4-13(5-7-15)12-23-17-3-1-2-16(10-17)21-18(22)14-8-9-20-11-14;/h1-7,10,14,20H,8-9,11-12H2,(H,21,22);1H. The molecule has 1 heterocycles. The molecule has 1 amide bonds. The third-order valence-corrected chi connectivity index (χ3v) is 3.85. The van der Waals surface area contributed by atoms with Gasteiger partial charge in [-0.25, -0.2) is 4.39 Å². The van der Waals surface area contributed by atoms with Crippen molar-refractivity contribution in [1.29, 1.82) is 0 Å². The molecular formula is C18H20ClFN2O2. The van der Waals surface area contributed by atoms with E-state index < -0.39 is 0 Å². The largest absolute Gasteiger partial charge is 0.489 e. The molecule has 0 saturated carbocycles. The zero-order valence-electron chi connectivity index (χ0n) is 13.1. The number of carbonyl (C=O) groups is 1. The van der Waals surface area contributed by atoms with Crippen LogP contribution in [0, 0.1) is 11.7 Å². The average Bonchev–Trinajstić information content (AvgIpc) is 3.09. The highest BCUT2D eigenvalue weighted by atomic mass is 35.5. The number of rotatable bonds is 5. The topological polar surface area (TPSA) is 50.4 Å². The molecule has 2 aromatic carbocycles. The van der Waals surface area contributed by atoms with Crippen molar-refractivity contribution in [2.24, 2.45) is 5.92 Å². The summed E-state index contributed by atoms with van der Waals surface area (Å²) in [5.74, 6) is 0.459. The van der Waals surface area contributed by atoms with Crippen LogP contribution in [0.25, 0.3) is 0 Å². The number of anilines is 1. The molecule has 3 rings (SSSR count). The van der Waals surface area contributed by atoms with Crippen molar-refractivity contribution >= 4 is 24.0 Å². The van der Waals surface area contributed by atoms with Gasteiger partial charge in [-0.3, -0.25) is 4.79 Å². The minimum Gasteiger partial charge on any atom is -0.489 e. The average molecular weight is 351 g/mol. The normalized spacial score (nSPS) is 16.3. The maximum Gasteiger partial charge on any atom is 0.228 e. The number of carbonyl (C=O) groups excluding carboxylic acids is 1. The first-order valence-electron chi connectivity index (χ1n) is 7.69. The van der Waals surface area contributed by atoms with Crippen LogP contribution in [0.15, 0.2) is 48.5 Å². The van der Waals surface area contributed by atoms with Gasteiger partial charge in [-0.05, 0) is 42.8 Å². The maximum atomic E-state index is 12.9. The third-order valence-electron chi connectivity index (χ3n) is 3.85. The fourth-order valence-electron chi connectivity index (χ4n) is 2.53. The van der Waals surface area contributed by atoms with E-state index in [1.165, 1.54) is 12.1 Å². The summed E-state index contributed by atoms with van der Waals surface area (Å²) in [5.41, 5.74) is 1.61. The van der Waals surface area contributed by atoms with Gasteiger partial charge in [-0.2, -0.15) is 0 Å². The Morgan fingerprint density at radius 1 is 1.25 bits per heavy atom. The summed E-state index contributed by atoms with van der Waals surface area (Å²) in [6.45, 7) is 1.97. The van der Waals surface area contributed by atoms with Crippen molar-refractivity contribution in [3.05, 3.63) is 59.9 Å². The lowest BCUT2D eigenvalue weighted by atomic mass is 10.1. The molecule has 1 fully saturated rings. The van der Waals surface area contributed by atoms with Gasteiger partial charge in [-0.1, -0.05) is 18.2 Å². The van der Waals surface area contributed by atoms with E-state index in [2.05, 4.69) is 10.6 Å². The number of halogens is 2. The first-order valence-corrected chi connectivity index (χ1v) is 7.69. The molecule has 0 aliphatic carbocycles. The van der Waals surface area contributed by atoms with E-state index in [0.29, 0.717) is 12.4 Å². The molecule has 6 heteroatoms. The molecule has 0 bridgehead atoms. The molecule has 1 aliphatic rings. The molecule has 2 N–H and O–H groups in total. The predicted octanol–water partition coefficient (Wildman–Crippen LogP) is 3.37. The summed E-state index contributed by atoms with van der Waals surface area (Å²) in [5, 5.41) is 6.10. The second kappa shape index (κ2) is 8.66. The second-order valence-electron chi connectivity index (χ2n) is 5.62. The van der Waals surface area contributed by atoms with Gasteiger partial charge >= 0.3 is 0 Å². The Kier molecular flexibility index (Phi) is 6.58. The monoisotopic (exact) mass is 350 g/mol. The van der Waals surface area contributed by atoms with Crippen LogP contribution in [-0.4, -0.2) is 19.0 Å². The summed E-state index contributed by atoms with van der Waals surface area (Å²) < 4.78 is 18.6. The highest BCUT2D eigenvalue weighted by molar-refractivity contribution is 5.93. The molecule has 24 heavy (non-hydrogen) atoms. The number of hydrogen-bond donors (Lipinski definition) is 2. The molecule has 1 saturated heterocycles. The van der Waals surface area contributed by atoms with Crippen LogP contribution < -0.4 is 15.4 Å². The molecule has 1 atom stereocenters. The van der Waals surface area contributed by atoms with E-state index in [-0.39, 0.29) is 30.0 Å². The van der Waals surface area contributed by atoms with Crippen molar-refractivity contribution in [2.75, 3.05) is 18.4 Å². The number of amides is 1. The highest BCUT2D eigenvalue weighted by Gasteiger charge is 2.22. The first-order chi connectivity index (χ1) is 11.2. The molecule has 2 aromatic rings. The molecule has 1 unspecified atom stereocenters. The van der Waals surface area contributed by atoms with Crippen molar-refractivity contribution in [2.45, 2.75) is 13.0 Å². The summed E-state index contributed by atoms with van der Waals surface area (Å²) in [7, 11) is 0. The number of ether oxygens (including phenoxy) is 1.